The first-order valence-corrected chi connectivity index (χ1v) is 17.4. The molecule has 5 aromatic carbocycles. The Morgan fingerprint density at radius 1 is 0.745 bits per heavy atom. The normalized spacial score (nSPS) is 11.4. The molecule has 0 atom stereocenters. The van der Waals surface area contributed by atoms with Crippen molar-refractivity contribution >= 4 is 31.6 Å². The average molecular weight is 870 g/mol. The molecule has 3 heterocycles. The fourth-order valence-electron chi connectivity index (χ4n) is 6.42. The van der Waals surface area contributed by atoms with E-state index in [1.165, 1.54) is 0 Å². The maximum atomic E-state index is 13.3. The number of para-hydroxylation sites is 1. The third-order valence-electron chi connectivity index (χ3n) is 8.70. The molecule has 0 bridgehead atoms. The van der Waals surface area contributed by atoms with E-state index in [0.29, 0.717) is 28.8 Å². The Kier molecular flexibility index (Phi) is 9.10. The number of benzene rings is 5. The second kappa shape index (κ2) is 13.7. The van der Waals surface area contributed by atoms with Crippen molar-refractivity contribution < 1.29 is 39.0 Å². The molecule has 0 aliphatic heterocycles. The molecule has 10 heteroatoms. The number of hydrogen-bond acceptors (Lipinski definition) is 6. The van der Waals surface area contributed by atoms with Gasteiger partial charge in [-0.1, -0.05) is 41.9 Å². The van der Waals surface area contributed by atoms with Crippen LogP contribution in [-0.4, -0.2) is 34.9 Å². The topological polar surface area (TPSA) is 88.2 Å². The van der Waals surface area contributed by atoms with Gasteiger partial charge in [-0.05, 0) is 78.0 Å². The van der Waals surface area contributed by atoms with E-state index >= 15 is 0 Å². The Morgan fingerprint density at radius 3 is 2.27 bits per heavy atom. The SMILES string of the molecule is COc1ccnc(-n2c3[c-]c(Oc4[c-]c(-n5cc(-c6c(C)cc(S(=O)(=O)c7ccccc7)cc6C)cn5)ccc4)ccc3c3ccccc32)c1.[Pt+2]. The van der Waals surface area contributed by atoms with Crippen LogP contribution in [0.1, 0.15) is 11.1 Å². The Hall–Kier alpha value is -5.50. The standard InChI is InChI=1S/C41H30N4O4S.Pt/c1-27-20-35(50(46,47)34-12-5-4-6-13-34)21-28(2)41(27)29-25-43-44(26-29)30-10-9-11-32(22-30)49-33-16-17-37-36-14-7-8-15-38(36)45(39(37)23-33)40-24-31(48-3)18-19-42-40;/h4-21,24-26H,1-3H3;/q-2;+2. The molecule has 0 aliphatic carbocycles. The Balaban J connectivity index is 0.00000406. The molecule has 0 saturated carbocycles. The van der Waals surface area contributed by atoms with Gasteiger partial charge in [-0.25, -0.2) is 13.4 Å². The van der Waals surface area contributed by atoms with Gasteiger partial charge < -0.3 is 14.0 Å². The summed E-state index contributed by atoms with van der Waals surface area (Å²) in [7, 11) is -2.00. The van der Waals surface area contributed by atoms with Gasteiger partial charge in [-0.2, -0.15) is 17.2 Å². The van der Waals surface area contributed by atoms with Gasteiger partial charge in [0.2, 0.25) is 9.84 Å². The summed E-state index contributed by atoms with van der Waals surface area (Å²) >= 11 is 0. The minimum atomic E-state index is -3.64. The molecule has 0 fully saturated rings. The van der Waals surface area contributed by atoms with Crippen LogP contribution >= 0.6 is 0 Å². The quantitative estimate of drug-likeness (QED) is 0.142. The molecular formula is C41H30N4O4PtS. The summed E-state index contributed by atoms with van der Waals surface area (Å²) in [6.07, 6.45) is 5.41. The van der Waals surface area contributed by atoms with Crippen LogP contribution in [0.5, 0.6) is 17.2 Å². The molecular weight excluding hydrogens is 840 g/mol. The van der Waals surface area contributed by atoms with Crippen LogP contribution in [0.3, 0.4) is 0 Å². The molecule has 3 aromatic heterocycles. The number of aromatic nitrogens is 4. The number of pyridine rings is 1. The van der Waals surface area contributed by atoms with E-state index in [9.17, 15) is 8.42 Å². The number of aryl methyl sites for hydroxylation is 2. The molecule has 51 heavy (non-hydrogen) atoms. The summed E-state index contributed by atoms with van der Waals surface area (Å²) in [4.78, 5) is 5.17. The number of methoxy groups -OCH3 is 1. The maximum absolute atomic E-state index is 13.3. The number of nitrogens with zero attached hydrogens (tertiary/aromatic N) is 4. The summed E-state index contributed by atoms with van der Waals surface area (Å²) in [5, 5.41) is 6.72. The molecule has 254 valence electrons. The van der Waals surface area contributed by atoms with E-state index in [4.69, 9.17) is 9.47 Å². The Labute approximate surface area is 310 Å². The zero-order valence-corrected chi connectivity index (χ0v) is 30.9. The van der Waals surface area contributed by atoms with E-state index in [1.807, 2.05) is 74.6 Å². The van der Waals surface area contributed by atoms with Gasteiger partial charge in [0.1, 0.15) is 11.6 Å². The first-order chi connectivity index (χ1) is 24.3. The Morgan fingerprint density at radius 2 is 1.49 bits per heavy atom. The van der Waals surface area contributed by atoms with Gasteiger partial charge in [0.25, 0.3) is 0 Å². The van der Waals surface area contributed by atoms with Crippen LogP contribution in [0.4, 0.5) is 0 Å². The minimum absolute atomic E-state index is 0. The molecule has 0 amide bonds. The summed E-state index contributed by atoms with van der Waals surface area (Å²) in [5.74, 6) is 2.45. The molecule has 0 aliphatic rings. The predicted octanol–water partition coefficient (Wildman–Crippen LogP) is 8.88. The second-order valence-corrected chi connectivity index (χ2v) is 13.9. The van der Waals surface area contributed by atoms with E-state index in [0.717, 1.165) is 44.1 Å². The van der Waals surface area contributed by atoms with Crippen LogP contribution in [0, 0.1) is 26.0 Å². The van der Waals surface area contributed by atoms with Crippen LogP contribution in [0.2, 0.25) is 0 Å². The fourth-order valence-corrected chi connectivity index (χ4v) is 7.87. The van der Waals surface area contributed by atoms with Crippen molar-refractivity contribution in [2.45, 2.75) is 23.6 Å². The number of ether oxygens (including phenoxy) is 2. The van der Waals surface area contributed by atoms with Crippen molar-refractivity contribution in [3.63, 3.8) is 0 Å². The van der Waals surface area contributed by atoms with Crippen LogP contribution in [0.15, 0.2) is 138 Å². The van der Waals surface area contributed by atoms with Crippen molar-refractivity contribution in [1.82, 2.24) is 19.3 Å². The van der Waals surface area contributed by atoms with Gasteiger partial charge in [0.15, 0.2) is 0 Å². The third kappa shape index (κ3) is 6.24. The Bertz CT molecular complexity index is 2650. The van der Waals surface area contributed by atoms with E-state index in [1.54, 1.807) is 66.6 Å². The molecule has 0 saturated heterocycles. The molecule has 0 spiro atoms. The van der Waals surface area contributed by atoms with Crippen molar-refractivity contribution in [2.75, 3.05) is 7.11 Å². The van der Waals surface area contributed by atoms with Gasteiger partial charge in [-0.15, -0.1) is 35.7 Å². The largest absolute Gasteiger partial charge is 2.00 e. The van der Waals surface area contributed by atoms with Gasteiger partial charge in [0.05, 0.1) is 23.1 Å². The van der Waals surface area contributed by atoms with Crippen LogP contribution in [0.25, 0.3) is 44.4 Å². The first kappa shape index (κ1) is 34.0. The third-order valence-corrected chi connectivity index (χ3v) is 10.4. The maximum Gasteiger partial charge on any atom is 2.00 e. The van der Waals surface area contributed by atoms with Gasteiger partial charge in [-0.3, -0.25) is 4.68 Å². The molecule has 8 rings (SSSR count). The number of hydrogen-bond donors (Lipinski definition) is 0. The van der Waals surface area contributed by atoms with E-state index in [2.05, 4.69) is 38.9 Å². The summed E-state index contributed by atoms with van der Waals surface area (Å²) < 4.78 is 42.2. The smallest absolute Gasteiger partial charge is 0.509 e. The van der Waals surface area contributed by atoms with Crippen LogP contribution in [-0.2, 0) is 30.9 Å². The van der Waals surface area contributed by atoms with Gasteiger partial charge >= 0.3 is 21.1 Å². The fraction of sp³-hybridized carbons (Fsp3) is 0.0732. The van der Waals surface area contributed by atoms with E-state index in [-0.39, 0.29) is 30.9 Å². The predicted molar refractivity (Wildman–Crippen MR) is 193 cm³/mol. The van der Waals surface area contributed by atoms with Crippen molar-refractivity contribution in [3.05, 3.63) is 151 Å². The molecule has 8 nitrogen and oxygen atoms in total. The van der Waals surface area contributed by atoms with Crippen LogP contribution < -0.4 is 9.47 Å². The average Bonchev–Trinajstić information content (AvgIpc) is 3.75. The number of rotatable bonds is 8. The summed E-state index contributed by atoms with van der Waals surface area (Å²) in [6, 6.07) is 40.2. The van der Waals surface area contributed by atoms with Gasteiger partial charge in [0, 0.05) is 41.0 Å². The summed E-state index contributed by atoms with van der Waals surface area (Å²) in [6.45, 7) is 3.84. The summed E-state index contributed by atoms with van der Waals surface area (Å²) in [5.41, 5.74) is 5.98. The zero-order chi connectivity index (χ0) is 34.4. The molecule has 0 unspecified atom stereocenters. The molecule has 0 radical (unpaired) electrons. The first-order valence-electron chi connectivity index (χ1n) is 15.9. The second-order valence-electron chi connectivity index (χ2n) is 11.9. The van der Waals surface area contributed by atoms with E-state index < -0.39 is 9.84 Å². The minimum Gasteiger partial charge on any atom is -0.509 e. The zero-order valence-electron chi connectivity index (χ0n) is 27.8. The van der Waals surface area contributed by atoms with Crippen molar-refractivity contribution in [1.29, 1.82) is 0 Å². The number of fused-ring (bicyclic) bond motifs is 3. The number of sulfone groups is 1. The molecule has 0 N–H and O–H groups in total. The van der Waals surface area contributed by atoms with Crippen molar-refractivity contribution in [3.8, 4) is 39.9 Å². The van der Waals surface area contributed by atoms with Crippen molar-refractivity contribution in [2.24, 2.45) is 0 Å². The monoisotopic (exact) mass is 869 g/mol. The molecule has 8 aromatic rings.